The van der Waals surface area contributed by atoms with E-state index in [1.807, 2.05) is 0 Å². The number of hydrogen-bond donors (Lipinski definition) is 1. The summed E-state index contributed by atoms with van der Waals surface area (Å²) in [4.78, 5) is 2.61. The van der Waals surface area contributed by atoms with Crippen molar-refractivity contribution in [3.8, 4) is 0 Å². The maximum atomic E-state index is 3.57. The molecule has 0 amide bonds. The SMILES string of the molecule is CCC1CCC(NC)C(CN(CC)Cc2ccccc2)C1. The fourth-order valence-corrected chi connectivity index (χ4v) is 3.79. The van der Waals surface area contributed by atoms with E-state index in [0.717, 1.165) is 24.9 Å². The molecule has 0 spiro atoms. The predicted molar refractivity (Wildman–Crippen MR) is 91.4 cm³/mol. The van der Waals surface area contributed by atoms with Gasteiger partial charge in [0.2, 0.25) is 0 Å². The Hall–Kier alpha value is -0.860. The third kappa shape index (κ3) is 4.82. The maximum Gasteiger partial charge on any atom is 0.0233 e. The van der Waals surface area contributed by atoms with Crippen LogP contribution in [0.25, 0.3) is 0 Å². The van der Waals surface area contributed by atoms with Crippen molar-refractivity contribution >= 4 is 0 Å². The van der Waals surface area contributed by atoms with Crippen LogP contribution in [-0.4, -0.2) is 31.1 Å². The first kappa shape index (κ1) is 16.5. The van der Waals surface area contributed by atoms with E-state index in [4.69, 9.17) is 0 Å². The van der Waals surface area contributed by atoms with Crippen molar-refractivity contribution in [2.45, 2.75) is 52.1 Å². The molecule has 2 rings (SSSR count). The van der Waals surface area contributed by atoms with Gasteiger partial charge in [0, 0.05) is 19.1 Å². The maximum absolute atomic E-state index is 3.57. The summed E-state index contributed by atoms with van der Waals surface area (Å²) in [7, 11) is 2.14. The minimum absolute atomic E-state index is 0.706. The Kier molecular flexibility index (Phi) is 6.72. The topological polar surface area (TPSA) is 15.3 Å². The van der Waals surface area contributed by atoms with Crippen molar-refractivity contribution in [2.24, 2.45) is 11.8 Å². The Morgan fingerprint density at radius 2 is 1.90 bits per heavy atom. The Labute approximate surface area is 130 Å². The molecule has 0 bridgehead atoms. The Balaban J connectivity index is 1.95. The lowest BCUT2D eigenvalue weighted by atomic mass is 9.76. The summed E-state index contributed by atoms with van der Waals surface area (Å²) in [6.07, 6.45) is 5.50. The second-order valence-corrected chi connectivity index (χ2v) is 6.56. The summed E-state index contributed by atoms with van der Waals surface area (Å²) in [5.41, 5.74) is 1.43. The van der Waals surface area contributed by atoms with Crippen molar-refractivity contribution in [2.75, 3.05) is 20.1 Å². The van der Waals surface area contributed by atoms with E-state index in [9.17, 15) is 0 Å². The van der Waals surface area contributed by atoms with Gasteiger partial charge in [0.25, 0.3) is 0 Å². The Bertz CT molecular complexity index is 390. The molecule has 1 aromatic rings. The van der Waals surface area contributed by atoms with Gasteiger partial charge >= 0.3 is 0 Å². The molecular formula is C19H32N2. The zero-order valence-corrected chi connectivity index (χ0v) is 14.0. The molecule has 21 heavy (non-hydrogen) atoms. The minimum Gasteiger partial charge on any atom is -0.317 e. The van der Waals surface area contributed by atoms with Crippen LogP contribution in [0.15, 0.2) is 30.3 Å². The van der Waals surface area contributed by atoms with Gasteiger partial charge in [-0.15, -0.1) is 0 Å². The molecule has 1 fully saturated rings. The van der Waals surface area contributed by atoms with E-state index < -0.39 is 0 Å². The van der Waals surface area contributed by atoms with Crippen LogP contribution in [0.3, 0.4) is 0 Å². The summed E-state index contributed by atoms with van der Waals surface area (Å²) in [6, 6.07) is 11.6. The lowest BCUT2D eigenvalue weighted by Crippen LogP contribution is -2.44. The molecule has 1 aliphatic rings. The molecular weight excluding hydrogens is 256 g/mol. The minimum atomic E-state index is 0.706. The van der Waals surface area contributed by atoms with Crippen molar-refractivity contribution in [1.29, 1.82) is 0 Å². The van der Waals surface area contributed by atoms with Crippen molar-refractivity contribution in [3.63, 3.8) is 0 Å². The molecule has 1 aliphatic carbocycles. The van der Waals surface area contributed by atoms with Crippen LogP contribution in [-0.2, 0) is 6.54 Å². The van der Waals surface area contributed by atoms with E-state index in [0.29, 0.717) is 6.04 Å². The highest BCUT2D eigenvalue weighted by molar-refractivity contribution is 5.14. The van der Waals surface area contributed by atoms with Crippen molar-refractivity contribution in [3.05, 3.63) is 35.9 Å². The fourth-order valence-electron chi connectivity index (χ4n) is 3.79. The molecule has 1 saturated carbocycles. The predicted octanol–water partition coefficient (Wildman–Crippen LogP) is 3.92. The van der Waals surface area contributed by atoms with E-state index in [-0.39, 0.29) is 0 Å². The van der Waals surface area contributed by atoms with Gasteiger partial charge in [-0.05, 0) is 50.3 Å². The molecule has 0 aromatic heterocycles. The average Bonchev–Trinajstić information content (AvgIpc) is 2.55. The van der Waals surface area contributed by atoms with Crippen molar-refractivity contribution < 1.29 is 0 Å². The summed E-state index contributed by atoms with van der Waals surface area (Å²) < 4.78 is 0. The third-order valence-electron chi connectivity index (χ3n) is 5.23. The third-order valence-corrected chi connectivity index (χ3v) is 5.23. The number of benzene rings is 1. The smallest absolute Gasteiger partial charge is 0.0233 e. The van der Waals surface area contributed by atoms with Gasteiger partial charge in [0.1, 0.15) is 0 Å². The average molecular weight is 288 g/mol. The molecule has 1 N–H and O–H groups in total. The second-order valence-electron chi connectivity index (χ2n) is 6.56. The fraction of sp³-hybridized carbons (Fsp3) is 0.684. The number of nitrogens with one attached hydrogen (secondary N) is 1. The van der Waals surface area contributed by atoms with Gasteiger partial charge in [-0.25, -0.2) is 0 Å². The Morgan fingerprint density at radius 1 is 1.14 bits per heavy atom. The zero-order chi connectivity index (χ0) is 15.1. The first-order chi connectivity index (χ1) is 10.3. The molecule has 0 radical (unpaired) electrons. The summed E-state index contributed by atoms with van der Waals surface area (Å²) in [5.74, 6) is 1.74. The lowest BCUT2D eigenvalue weighted by molar-refractivity contribution is 0.141. The van der Waals surface area contributed by atoms with Crippen LogP contribution in [0, 0.1) is 11.8 Å². The quantitative estimate of drug-likeness (QED) is 0.818. The van der Waals surface area contributed by atoms with Gasteiger partial charge in [0.15, 0.2) is 0 Å². The molecule has 0 aliphatic heterocycles. The van der Waals surface area contributed by atoms with Crippen LogP contribution < -0.4 is 5.32 Å². The molecule has 0 heterocycles. The van der Waals surface area contributed by atoms with Gasteiger partial charge in [-0.3, -0.25) is 4.90 Å². The van der Waals surface area contributed by atoms with Crippen LogP contribution >= 0.6 is 0 Å². The van der Waals surface area contributed by atoms with Gasteiger partial charge in [-0.2, -0.15) is 0 Å². The van der Waals surface area contributed by atoms with E-state index >= 15 is 0 Å². The summed E-state index contributed by atoms with van der Waals surface area (Å²) in [6.45, 7) is 8.09. The van der Waals surface area contributed by atoms with Crippen LogP contribution in [0.1, 0.15) is 45.1 Å². The second kappa shape index (κ2) is 8.55. The highest BCUT2D eigenvalue weighted by Gasteiger charge is 2.29. The highest BCUT2D eigenvalue weighted by atomic mass is 15.1. The van der Waals surface area contributed by atoms with Crippen LogP contribution in [0.4, 0.5) is 0 Å². The summed E-state index contributed by atoms with van der Waals surface area (Å²) >= 11 is 0. The van der Waals surface area contributed by atoms with E-state index in [1.165, 1.54) is 37.8 Å². The first-order valence-electron chi connectivity index (χ1n) is 8.70. The van der Waals surface area contributed by atoms with E-state index in [1.54, 1.807) is 0 Å². The number of rotatable bonds is 7. The zero-order valence-electron chi connectivity index (χ0n) is 14.0. The van der Waals surface area contributed by atoms with Crippen LogP contribution in [0.5, 0.6) is 0 Å². The molecule has 1 aromatic carbocycles. The van der Waals surface area contributed by atoms with Crippen molar-refractivity contribution in [1.82, 2.24) is 10.2 Å². The molecule has 3 unspecified atom stereocenters. The van der Waals surface area contributed by atoms with Crippen LogP contribution in [0.2, 0.25) is 0 Å². The largest absolute Gasteiger partial charge is 0.317 e. The Morgan fingerprint density at radius 3 is 2.52 bits per heavy atom. The van der Waals surface area contributed by atoms with Gasteiger partial charge in [-0.1, -0.05) is 50.6 Å². The first-order valence-corrected chi connectivity index (χ1v) is 8.70. The highest BCUT2D eigenvalue weighted by Crippen LogP contribution is 2.32. The molecule has 2 nitrogen and oxygen atoms in total. The summed E-state index contributed by atoms with van der Waals surface area (Å²) in [5, 5.41) is 3.57. The molecule has 118 valence electrons. The molecule has 2 heteroatoms. The van der Waals surface area contributed by atoms with Gasteiger partial charge in [0.05, 0.1) is 0 Å². The molecule has 0 saturated heterocycles. The van der Waals surface area contributed by atoms with Gasteiger partial charge < -0.3 is 5.32 Å². The monoisotopic (exact) mass is 288 g/mol. The lowest BCUT2D eigenvalue weighted by Gasteiger charge is -2.38. The normalized spacial score (nSPS) is 26.2. The standard InChI is InChI=1S/C19H32N2/c1-4-16-11-12-19(20-3)18(13-16)15-21(5-2)14-17-9-7-6-8-10-17/h6-10,16,18-20H,4-5,11-15H2,1-3H3. The number of hydrogen-bond acceptors (Lipinski definition) is 2. The molecule has 3 atom stereocenters. The number of nitrogens with zero attached hydrogens (tertiary/aromatic N) is 1. The van der Waals surface area contributed by atoms with E-state index in [2.05, 4.69) is 61.4 Å².